The second-order valence-electron chi connectivity index (χ2n) is 5.46. The Bertz CT molecular complexity index is 941. The molecule has 1 aliphatic rings. The highest BCUT2D eigenvalue weighted by atomic mass is 35.5. The van der Waals surface area contributed by atoms with Crippen LogP contribution in [0.5, 0.6) is 0 Å². The fourth-order valence-electron chi connectivity index (χ4n) is 2.69. The molecule has 10 heteroatoms. The molecule has 0 fully saturated rings. The average molecular weight is 421 g/mol. The summed E-state index contributed by atoms with van der Waals surface area (Å²) in [4.78, 5) is 16.8. The lowest BCUT2D eigenvalue weighted by molar-refractivity contribution is 0.0601. The van der Waals surface area contributed by atoms with E-state index in [1.54, 1.807) is 0 Å². The molecular formula is C15H14Cl2N2O4S2. The van der Waals surface area contributed by atoms with E-state index < -0.39 is 16.0 Å². The highest BCUT2D eigenvalue weighted by molar-refractivity contribution is 7.93. The van der Waals surface area contributed by atoms with Crippen molar-refractivity contribution in [3.05, 3.63) is 38.4 Å². The lowest BCUT2D eigenvalue weighted by atomic mass is 9.95. The van der Waals surface area contributed by atoms with E-state index in [4.69, 9.17) is 27.9 Å². The third-order valence-electron chi connectivity index (χ3n) is 3.87. The number of carbonyl (C=O) groups excluding carboxylic acids is 1. The molecule has 1 aliphatic carbocycles. The Morgan fingerprint density at radius 1 is 1.32 bits per heavy atom. The quantitative estimate of drug-likeness (QED) is 0.598. The van der Waals surface area contributed by atoms with Crippen LogP contribution in [0.1, 0.15) is 33.6 Å². The summed E-state index contributed by atoms with van der Waals surface area (Å²) in [5, 5.41) is 0.301. The molecule has 0 radical (unpaired) electrons. The molecule has 0 aliphatic heterocycles. The van der Waals surface area contributed by atoms with Gasteiger partial charge in [0.1, 0.15) is 15.0 Å². The predicted octanol–water partition coefficient (Wildman–Crippen LogP) is 3.92. The smallest absolute Gasteiger partial charge is 0.341 e. The molecule has 25 heavy (non-hydrogen) atoms. The maximum absolute atomic E-state index is 12.6. The van der Waals surface area contributed by atoms with E-state index in [1.807, 2.05) is 0 Å². The van der Waals surface area contributed by atoms with Gasteiger partial charge < -0.3 is 4.74 Å². The fourth-order valence-corrected chi connectivity index (χ4v) is 5.57. The molecule has 0 bridgehead atoms. The number of aromatic nitrogens is 1. The molecule has 0 amide bonds. The van der Waals surface area contributed by atoms with Gasteiger partial charge in [-0.3, -0.25) is 4.72 Å². The zero-order valence-corrected chi connectivity index (χ0v) is 16.3. The van der Waals surface area contributed by atoms with Gasteiger partial charge in [0, 0.05) is 11.1 Å². The van der Waals surface area contributed by atoms with Crippen LogP contribution in [0.4, 0.5) is 5.00 Å². The summed E-state index contributed by atoms with van der Waals surface area (Å²) in [5.41, 5.74) is 1.16. The van der Waals surface area contributed by atoms with Gasteiger partial charge in [-0.1, -0.05) is 23.2 Å². The first-order valence-corrected chi connectivity index (χ1v) is 10.5. The molecule has 0 spiro atoms. The number of esters is 1. The lowest BCUT2D eigenvalue weighted by Crippen LogP contribution is -2.16. The molecule has 0 saturated heterocycles. The molecule has 0 saturated carbocycles. The van der Waals surface area contributed by atoms with E-state index in [9.17, 15) is 13.2 Å². The first-order chi connectivity index (χ1) is 11.8. The van der Waals surface area contributed by atoms with Crippen molar-refractivity contribution in [2.24, 2.45) is 0 Å². The topological polar surface area (TPSA) is 85.4 Å². The second-order valence-corrected chi connectivity index (χ2v) is 9.01. The summed E-state index contributed by atoms with van der Waals surface area (Å²) >= 11 is 12.8. The van der Waals surface area contributed by atoms with Crippen molar-refractivity contribution in [1.82, 2.24) is 4.98 Å². The number of halogens is 2. The number of pyridine rings is 1. The van der Waals surface area contributed by atoms with Gasteiger partial charge in [-0.2, -0.15) is 0 Å². The average Bonchev–Trinajstić information content (AvgIpc) is 2.93. The third kappa shape index (κ3) is 3.62. The highest BCUT2D eigenvalue weighted by Gasteiger charge is 2.29. The number of ether oxygens (including phenoxy) is 1. The van der Waals surface area contributed by atoms with E-state index in [2.05, 4.69) is 9.71 Å². The molecule has 2 heterocycles. The number of aryl methyl sites for hydroxylation is 1. The number of methoxy groups -OCH3 is 1. The van der Waals surface area contributed by atoms with Crippen molar-refractivity contribution < 1.29 is 17.9 Å². The molecule has 3 rings (SSSR count). The van der Waals surface area contributed by atoms with Gasteiger partial charge in [0.2, 0.25) is 0 Å². The van der Waals surface area contributed by atoms with E-state index in [-0.39, 0.29) is 20.1 Å². The Balaban J connectivity index is 2.03. The minimum absolute atomic E-state index is 0.0162. The molecule has 0 atom stereocenters. The molecule has 2 aromatic rings. The summed E-state index contributed by atoms with van der Waals surface area (Å²) < 4.78 is 32.6. The fraction of sp³-hybridized carbons (Fsp3) is 0.333. The van der Waals surface area contributed by atoms with E-state index in [1.165, 1.54) is 24.5 Å². The normalized spacial score (nSPS) is 14.0. The summed E-state index contributed by atoms with van der Waals surface area (Å²) in [6.07, 6.45) is 4.63. The number of carbonyl (C=O) groups is 1. The first kappa shape index (κ1) is 18.4. The van der Waals surface area contributed by atoms with Gasteiger partial charge in [-0.05, 0) is 37.3 Å². The maximum Gasteiger partial charge on any atom is 0.341 e. The Morgan fingerprint density at radius 2 is 2.04 bits per heavy atom. The number of hydrogen-bond donors (Lipinski definition) is 1. The molecular weight excluding hydrogens is 407 g/mol. The van der Waals surface area contributed by atoms with Crippen molar-refractivity contribution in [3.8, 4) is 0 Å². The Labute approximate surface area is 159 Å². The van der Waals surface area contributed by atoms with Gasteiger partial charge >= 0.3 is 5.97 Å². The van der Waals surface area contributed by atoms with Crippen LogP contribution in [-0.4, -0.2) is 26.5 Å². The Hall–Kier alpha value is -1.35. The number of anilines is 1. The summed E-state index contributed by atoms with van der Waals surface area (Å²) in [6, 6.07) is 1.21. The van der Waals surface area contributed by atoms with Crippen LogP contribution in [0.25, 0.3) is 0 Å². The second kappa shape index (κ2) is 7.11. The molecule has 0 aromatic carbocycles. The molecule has 0 unspecified atom stereocenters. The lowest BCUT2D eigenvalue weighted by Gasteiger charge is -2.12. The number of nitrogens with zero attached hydrogens (tertiary/aromatic N) is 1. The van der Waals surface area contributed by atoms with Gasteiger partial charge in [-0.15, -0.1) is 11.3 Å². The standard InChI is InChI=1S/C15H14Cl2N2O4S2/c1-23-15(20)12-9-4-2-3-5-11(9)24-14(12)19-25(21,22)8-6-10(16)13(17)18-7-8/h6-7,19H,2-5H2,1H3. The van der Waals surface area contributed by atoms with Crippen LogP contribution >= 0.6 is 34.5 Å². The first-order valence-electron chi connectivity index (χ1n) is 7.40. The van der Waals surface area contributed by atoms with E-state index in [0.29, 0.717) is 5.56 Å². The van der Waals surface area contributed by atoms with Gasteiger partial charge in [0.15, 0.2) is 0 Å². The zero-order valence-electron chi connectivity index (χ0n) is 13.1. The van der Waals surface area contributed by atoms with Gasteiger partial charge in [0.25, 0.3) is 10.0 Å². The Morgan fingerprint density at radius 3 is 2.72 bits per heavy atom. The van der Waals surface area contributed by atoms with Gasteiger partial charge in [-0.25, -0.2) is 18.2 Å². The van der Waals surface area contributed by atoms with E-state index in [0.717, 1.165) is 42.3 Å². The number of fused-ring (bicyclic) bond motifs is 1. The third-order valence-corrected chi connectivity index (χ3v) is 7.21. The largest absolute Gasteiger partial charge is 0.465 e. The van der Waals surface area contributed by atoms with Crippen molar-refractivity contribution in [1.29, 1.82) is 0 Å². The minimum atomic E-state index is -3.97. The highest BCUT2D eigenvalue weighted by Crippen LogP contribution is 2.39. The van der Waals surface area contributed by atoms with Crippen LogP contribution in [0, 0.1) is 0 Å². The van der Waals surface area contributed by atoms with Crippen LogP contribution in [0.15, 0.2) is 17.2 Å². The number of hydrogen-bond acceptors (Lipinski definition) is 6. The van der Waals surface area contributed by atoms with Crippen LogP contribution in [0.2, 0.25) is 10.2 Å². The molecule has 6 nitrogen and oxygen atoms in total. The van der Waals surface area contributed by atoms with Crippen molar-refractivity contribution in [2.45, 2.75) is 30.6 Å². The SMILES string of the molecule is COC(=O)c1c(NS(=O)(=O)c2cnc(Cl)c(Cl)c2)sc2c1CCCC2. The minimum Gasteiger partial charge on any atom is -0.465 e. The van der Waals surface area contributed by atoms with Crippen LogP contribution < -0.4 is 4.72 Å². The van der Waals surface area contributed by atoms with Crippen molar-refractivity contribution in [2.75, 3.05) is 11.8 Å². The maximum atomic E-state index is 12.6. The number of thiophene rings is 1. The monoisotopic (exact) mass is 420 g/mol. The number of rotatable bonds is 4. The number of nitrogens with one attached hydrogen (secondary N) is 1. The van der Waals surface area contributed by atoms with Crippen molar-refractivity contribution >= 4 is 55.5 Å². The Kier molecular flexibility index (Phi) is 5.24. The van der Waals surface area contributed by atoms with Crippen LogP contribution in [-0.2, 0) is 27.6 Å². The summed E-state index contributed by atoms with van der Waals surface area (Å²) in [6.45, 7) is 0. The zero-order chi connectivity index (χ0) is 18.2. The van der Waals surface area contributed by atoms with E-state index >= 15 is 0 Å². The summed E-state index contributed by atoms with van der Waals surface area (Å²) in [7, 11) is -2.70. The van der Waals surface area contributed by atoms with Crippen LogP contribution in [0.3, 0.4) is 0 Å². The molecule has 2 aromatic heterocycles. The molecule has 1 N–H and O–H groups in total. The molecule has 134 valence electrons. The van der Waals surface area contributed by atoms with Crippen molar-refractivity contribution in [3.63, 3.8) is 0 Å². The predicted molar refractivity (Wildman–Crippen MR) is 97.4 cm³/mol. The van der Waals surface area contributed by atoms with Gasteiger partial charge in [0.05, 0.1) is 17.7 Å². The summed E-state index contributed by atoms with van der Waals surface area (Å²) in [5.74, 6) is -0.552. The number of sulfonamides is 1.